The summed E-state index contributed by atoms with van der Waals surface area (Å²) in [4.78, 5) is 12.8. The molecule has 0 aliphatic carbocycles. The van der Waals surface area contributed by atoms with E-state index in [1.165, 1.54) is 5.56 Å². The van der Waals surface area contributed by atoms with Crippen molar-refractivity contribution in [3.63, 3.8) is 0 Å². The molecular weight excluding hydrogens is 372 g/mol. The number of benzene rings is 3. The summed E-state index contributed by atoms with van der Waals surface area (Å²) in [5, 5.41) is 13.1. The molecule has 1 aliphatic heterocycles. The molecule has 0 saturated carbocycles. The molecule has 0 atom stereocenters. The highest BCUT2D eigenvalue weighted by molar-refractivity contribution is 6.06. The summed E-state index contributed by atoms with van der Waals surface area (Å²) in [5.41, 5.74) is 4.46. The largest absolute Gasteiger partial charge is 0.507 e. The van der Waals surface area contributed by atoms with Gasteiger partial charge in [0, 0.05) is 29.0 Å². The summed E-state index contributed by atoms with van der Waals surface area (Å²) in [5.74, 6) is 0.151. The van der Waals surface area contributed by atoms with E-state index in [4.69, 9.17) is 0 Å². The van der Waals surface area contributed by atoms with Gasteiger partial charge >= 0.3 is 0 Å². The standard InChI is InChI=1S/C26H24N2O2/c1-26(2)21-13-7-8-14-22(21)28(18-25(30)27-20-11-4-3-5-12-20)24(26)17-16-19-10-6-9-15-23(19)29/h3-17H,18H2,1-2H3,(H,27,30)/p+1. The van der Waals surface area contributed by atoms with Crippen LogP contribution in [0, 0.1) is 0 Å². The van der Waals surface area contributed by atoms with Crippen molar-refractivity contribution in [1.29, 1.82) is 0 Å². The maximum atomic E-state index is 12.8. The smallest absolute Gasteiger partial charge is 0.290 e. The fourth-order valence-corrected chi connectivity index (χ4v) is 3.97. The van der Waals surface area contributed by atoms with Gasteiger partial charge in [-0.3, -0.25) is 4.79 Å². The second-order valence-corrected chi connectivity index (χ2v) is 7.92. The quantitative estimate of drug-likeness (QED) is 0.587. The number of fused-ring (bicyclic) bond motifs is 1. The van der Waals surface area contributed by atoms with E-state index in [2.05, 4.69) is 29.8 Å². The fraction of sp³-hybridized carbons (Fsp3) is 0.154. The van der Waals surface area contributed by atoms with Crippen molar-refractivity contribution in [3.05, 3.63) is 96.1 Å². The monoisotopic (exact) mass is 397 g/mol. The molecule has 4 rings (SSSR count). The highest BCUT2D eigenvalue weighted by Crippen LogP contribution is 2.40. The number of aromatic hydroxyl groups is 1. The van der Waals surface area contributed by atoms with E-state index in [1.54, 1.807) is 12.1 Å². The molecule has 150 valence electrons. The number of carbonyl (C=O) groups excluding carboxylic acids is 1. The van der Waals surface area contributed by atoms with E-state index in [0.29, 0.717) is 0 Å². The molecule has 0 bridgehead atoms. The maximum Gasteiger partial charge on any atom is 0.290 e. The van der Waals surface area contributed by atoms with Crippen LogP contribution in [0.3, 0.4) is 0 Å². The molecule has 0 fully saturated rings. The van der Waals surface area contributed by atoms with Gasteiger partial charge in [0.2, 0.25) is 12.2 Å². The Labute approximate surface area is 176 Å². The number of nitrogens with one attached hydrogen (secondary N) is 1. The number of phenolic OH excluding ortho intramolecular Hbond substituents is 1. The number of anilines is 1. The molecule has 0 aromatic heterocycles. The van der Waals surface area contributed by atoms with Crippen LogP contribution in [0.4, 0.5) is 11.4 Å². The number of hydrogen-bond donors (Lipinski definition) is 2. The van der Waals surface area contributed by atoms with Crippen LogP contribution >= 0.6 is 0 Å². The average molecular weight is 397 g/mol. The van der Waals surface area contributed by atoms with Crippen molar-refractivity contribution in [1.82, 2.24) is 0 Å². The molecular formula is C26H25N2O2+. The van der Waals surface area contributed by atoms with E-state index >= 15 is 0 Å². The molecule has 0 unspecified atom stereocenters. The van der Waals surface area contributed by atoms with E-state index in [9.17, 15) is 9.90 Å². The zero-order valence-corrected chi connectivity index (χ0v) is 17.2. The van der Waals surface area contributed by atoms with Gasteiger partial charge in [-0.05, 0) is 38.1 Å². The topological polar surface area (TPSA) is 52.3 Å². The zero-order valence-electron chi connectivity index (χ0n) is 17.2. The maximum absolute atomic E-state index is 12.8. The molecule has 4 nitrogen and oxygen atoms in total. The first-order valence-electron chi connectivity index (χ1n) is 10.0. The number of allylic oxidation sites excluding steroid dienone is 1. The molecule has 30 heavy (non-hydrogen) atoms. The summed E-state index contributed by atoms with van der Waals surface area (Å²) >= 11 is 0. The van der Waals surface area contributed by atoms with E-state index in [1.807, 2.05) is 72.8 Å². The van der Waals surface area contributed by atoms with Crippen LogP contribution in [-0.2, 0) is 10.2 Å². The van der Waals surface area contributed by atoms with Crippen molar-refractivity contribution in [3.8, 4) is 5.75 Å². The Balaban J connectivity index is 1.72. The van der Waals surface area contributed by atoms with Crippen molar-refractivity contribution in [2.24, 2.45) is 0 Å². The van der Waals surface area contributed by atoms with Crippen LogP contribution in [-0.4, -0.2) is 27.8 Å². The summed E-state index contributed by atoms with van der Waals surface area (Å²) in [7, 11) is 0. The molecule has 1 heterocycles. The first-order chi connectivity index (χ1) is 14.5. The normalized spacial score (nSPS) is 14.7. The average Bonchev–Trinajstić information content (AvgIpc) is 2.95. The van der Waals surface area contributed by atoms with Crippen molar-refractivity contribution in [2.75, 3.05) is 11.9 Å². The summed E-state index contributed by atoms with van der Waals surface area (Å²) in [6, 6.07) is 24.9. The molecule has 2 N–H and O–H groups in total. The molecule has 3 aromatic carbocycles. The fourth-order valence-electron chi connectivity index (χ4n) is 3.97. The van der Waals surface area contributed by atoms with Crippen molar-refractivity contribution in [2.45, 2.75) is 19.3 Å². The lowest BCUT2D eigenvalue weighted by Gasteiger charge is -2.15. The Morgan fingerprint density at radius 2 is 1.60 bits per heavy atom. The summed E-state index contributed by atoms with van der Waals surface area (Å²) < 4.78 is 2.06. The third-order valence-corrected chi connectivity index (χ3v) is 5.52. The van der Waals surface area contributed by atoms with Gasteiger partial charge in [0.15, 0.2) is 5.71 Å². The SMILES string of the molecule is CC1(C)C(/C=C/c2ccccc2O)=[N+](CC(=O)Nc2ccccc2)c2ccccc21. The van der Waals surface area contributed by atoms with Gasteiger partial charge in [-0.2, -0.15) is 4.58 Å². The molecule has 1 amide bonds. The highest BCUT2D eigenvalue weighted by Gasteiger charge is 2.44. The van der Waals surface area contributed by atoms with Crippen LogP contribution in [0.15, 0.2) is 84.9 Å². The predicted molar refractivity (Wildman–Crippen MR) is 121 cm³/mol. The van der Waals surface area contributed by atoms with E-state index in [0.717, 1.165) is 22.6 Å². The van der Waals surface area contributed by atoms with Gasteiger partial charge in [-0.15, -0.1) is 0 Å². The Hall–Kier alpha value is -3.66. The Morgan fingerprint density at radius 3 is 2.37 bits per heavy atom. The third-order valence-electron chi connectivity index (χ3n) is 5.52. The van der Waals surface area contributed by atoms with Crippen molar-refractivity contribution >= 4 is 29.1 Å². The highest BCUT2D eigenvalue weighted by atomic mass is 16.3. The summed E-state index contributed by atoms with van der Waals surface area (Å²) in [6.45, 7) is 4.52. The predicted octanol–water partition coefficient (Wildman–Crippen LogP) is 5.12. The molecule has 3 aromatic rings. The van der Waals surface area contributed by atoms with Gasteiger partial charge < -0.3 is 10.4 Å². The molecule has 0 spiro atoms. The minimum absolute atomic E-state index is 0.0813. The molecule has 0 radical (unpaired) electrons. The zero-order chi connectivity index (χ0) is 21.1. The molecule has 0 saturated heterocycles. The van der Waals surface area contributed by atoms with Gasteiger partial charge in [0.25, 0.3) is 5.91 Å². The number of phenols is 1. The van der Waals surface area contributed by atoms with Crippen LogP contribution in [0.25, 0.3) is 6.08 Å². The van der Waals surface area contributed by atoms with E-state index in [-0.39, 0.29) is 23.6 Å². The Kier molecular flexibility index (Phi) is 5.23. The number of nitrogens with zero attached hydrogens (tertiary/aromatic N) is 1. The first-order valence-corrected chi connectivity index (χ1v) is 10.0. The van der Waals surface area contributed by atoms with Crippen molar-refractivity contribution < 1.29 is 14.5 Å². The molecule has 4 heteroatoms. The van der Waals surface area contributed by atoms with Crippen LogP contribution in [0.5, 0.6) is 5.75 Å². The third kappa shape index (κ3) is 3.77. The van der Waals surface area contributed by atoms with Crippen LogP contribution in [0.2, 0.25) is 0 Å². The second kappa shape index (κ2) is 7.99. The lowest BCUT2D eigenvalue weighted by atomic mass is 9.81. The van der Waals surface area contributed by atoms with Crippen LogP contribution in [0.1, 0.15) is 25.0 Å². The van der Waals surface area contributed by atoms with Gasteiger partial charge in [-0.25, -0.2) is 0 Å². The lowest BCUT2D eigenvalue weighted by molar-refractivity contribution is -0.424. The first kappa shape index (κ1) is 19.6. The van der Waals surface area contributed by atoms with Gasteiger partial charge in [-0.1, -0.05) is 54.6 Å². The number of amides is 1. The second-order valence-electron chi connectivity index (χ2n) is 7.92. The summed E-state index contributed by atoms with van der Waals surface area (Å²) in [6.07, 6.45) is 3.91. The number of rotatable bonds is 5. The number of hydrogen-bond acceptors (Lipinski definition) is 2. The lowest BCUT2D eigenvalue weighted by Crippen LogP contribution is -2.31. The minimum Gasteiger partial charge on any atom is -0.507 e. The van der Waals surface area contributed by atoms with E-state index < -0.39 is 0 Å². The minimum atomic E-state index is -0.273. The Bertz CT molecular complexity index is 1140. The number of para-hydroxylation sites is 3. The van der Waals surface area contributed by atoms with Gasteiger partial charge in [0.05, 0.1) is 5.41 Å². The van der Waals surface area contributed by atoms with Gasteiger partial charge in [0.1, 0.15) is 5.75 Å². The Morgan fingerprint density at radius 1 is 0.933 bits per heavy atom. The number of carbonyl (C=O) groups is 1. The molecule has 1 aliphatic rings. The van der Waals surface area contributed by atoms with Crippen LogP contribution < -0.4 is 5.32 Å².